The third-order valence-electron chi connectivity index (χ3n) is 6.11. The fraction of sp³-hybridized carbons (Fsp3) is 0.500. The lowest BCUT2D eigenvalue weighted by Gasteiger charge is -2.43. The van der Waals surface area contributed by atoms with Gasteiger partial charge >= 0.3 is 6.03 Å². The summed E-state index contributed by atoms with van der Waals surface area (Å²) in [4.78, 5) is 35.9. The lowest BCUT2D eigenvalue weighted by atomic mass is 9.85. The van der Waals surface area contributed by atoms with Crippen LogP contribution in [0.25, 0.3) is 10.9 Å². The molecule has 0 saturated carbocycles. The van der Waals surface area contributed by atoms with Crippen molar-refractivity contribution in [1.29, 1.82) is 0 Å². The first-order valence-corrected chi connectivity index (χ1v) is 10.0. The first-order valence-electron chi connectivity index (χ1n) is 10.0. The average Bonchev–Trinajstić information content (AvgIpc) is 2.85. The molecule has 3 amide bonds. The highest BCUT2D eigenvalue weighted by molar-refractivity contribution is 6.07. The van der Waals surface area contributed by atoms with Crippen molar-refractivity contribution in [3.63, 3.8) is 0 Å². The molecule has 6 heteroatoms. The van der Waals surface area contributed by atoms with Crippen molar-refractivity contribution < 1.29 is 9.59 Å². The van der Waals surface area contributed by atoms with Crippen molar-refractivity contribution in [2.24, 2.45) is 5.92 Å². The normalized spacial score (nSPS) is 19.5. The summed E-state index contributed by atoms with van der Waals surface area (Å²) < 4.78 is 0. The Labute approximate surface area is 166 Å². The summed E-state index contributed by atoms with van der Waals surface area (Å²) in [7, 11) is 1.60. The second-order valence-electron chi connectivity index (χ2n) is 8.48. The summed E-state index contributed by atoms with van der Waals surface area (Å²) >= 11 is 0. The first kappa shape index (κ1) is 18.7. The molecule has 1 spiro atoms. The fourth-order valence-corrected chi connectivity index (χ4v) is 4.58. The molecule has 0 N–H and O–H groups in total. The number of benzene rings is 1. The Morgan fingerprint density at radius 3 is 2.50 bits per heavy atom. The van der Waals surface area contributed by atoms with Crippen molar-refractivity contribution in [3.05, 3.63) is 35.9 Å². The minimum absolute atomic E-state index is 0.0551. The molecule has 1 aromatic heterocycles. The molecule has 6 nitrogen and oxygen atoms in total. The van der Waals surface area contributed by atoms with Gasteiger partial charge in [0.15, 0.2) is 0 Å². The van der Waals surface area contributed by atoms with Gasteiger partial charge in [0.2, 0.25) is 0 Å². The van der Waals surface area contributed by atoms with Gasteiger partial charge in [0.05, 0.1) is 5.52 Å². The minimum Gasteiger partial charge on any atom is -0.356 e. The number of piperidine rings is 1. The van der Waals surface area contributed by atoms with Crippen LogP contribution in [0.3, 0.4) is 0 Å². The molecule has 2 aromatic rings. The Morgan fingerprint density at radius 1 is 1.14 bits per heavy atom. The zero-order valence-electron chi connectivity index (χ0n) is 17.1. The van der Waals surface area contributed by atoms with Crippen LogP contribution in [0.5, 0.6) is 0 Å². The van der Waals surface area contributed by atoms with E-state index in [4.69, 9.17) is 4.98 Å². The molecule has 2 aliphatic rings. The van der Waals surface area contributed by atoms with Gasteiger partial charge in [0, 0.05) is 32.1 Å². The van der Waals surface area contributed by atoms with Crippen LogP contribution in [0.2, 0.25) is 0 Å². The molecular weight excluding hydrogens is 352 g/mol. The van der Waals surface area contributed by atoms with E-state index in [1.807, 2.05) is 23.1 Å². The number of fused-ring (bicyclic) bond motifs is 1. The van der Waals surface area contributed by atoms with E-state index in [0.717, 1.165) is 11.3 Å². The Morgan fingerprint density at radius 2 is 1.82 bits per heavy atom. The van der Waals surface area contributed by atoms with Crippen LogP contribution in [-0.2, 0) is 4.79 Å². The highest BCUT2D eigenvalue weighted by Gasteiger charge is 2.56. The molecule has 2 fully saturated rings. The summed E-state index contributed by atoms with van der Waals surface area (Å²) in [6.45, 7) is 8.32. The fourth-order valence-electron chi connectivity index (χ4n) is 4.58. The van der Waals surface area contributed by atoms with Gasteiger partial charge in [-0.05, 0) is 43.4 Å². The molecule has 148 valence electrons. The number of rotatable bonds is 3. The second kappa shape index (κ2) is 6.76. The molecule has 0 atom stereocenters. The number of para-hydroxylation sites is 1. The monoisotopic (exact) mass is 380 g/mol. The SMILES string of the molecule is Cc1cc(N2CCC3(CC2)C(=O)N(C)C(=O)N3CC(C)C)nc2ccccc12. The number of nitrogens with zero attached hydrogens (tertiary/aromatic N) is 4. The van der Waals surface area contributed by atoms with Crippen molar-refractivity contribution in [2.75, 3.05) is 31.6 Å². The van der Waals surface area contributed by atoms with Gasteiger partial charge in [0.25, 0.3) is 5.91 Å². The number of aromatic nitrogens is 1. The van der Waals surface area contributed by atoms with Gasteiger partial charge in [-0.15, -0.1) is 0 Å². The van der Waals surface area contributed by atoms with Crippen LogP contribution in [0, 0.1) is 12.8 Å². The standard InChI is InChI=1S/C22H28N4O2/c1-15(2)14-26-21(28)24(4)20(27)22(26)9-11-25(12-10-22)19-13-16(3)17-7-5-6-8-18(17)23-19/h5-8,13,15H,9-12,14H2,1-4H3. The van der Waals surface area contributed by atoms with E-state index in [1.165, 1.54) is 15.8 Å². The number of imide groups is 1. The predicted octanol–water partition coefficient (Wildman–Crippen LogP) is 3.43. The number of urea groups is 1. The summed E-state index contributed by atoms with van der Waals surface area (Å²) in [5.74, 6) is 1.22. The van der Waals surface area contributed by atoms with E-state index >= 15 is 0 Å². The second-order valence-corrected chi connectivity index (χ2v) is 8.48. The zero-order valence-corrected chi connectivity index (χ0v) is 17.1. The molecule has 1 aromatic carbocycles. The lowest BCUT2D eigenvalue weighted by molar-refractivity contribution is -0.133. The summed E-state index contributed by atoms with van der Waals surface area (Å²) in [5, 5.41) is 1.17. The van der Waals surface area contributed by atoms with Gasteiger partial charge < -0.3 is 9.80 Å². The van der Waals surface area contributed by atoms with E-state index in [9.17, 15) is 9.59 Å². The van der Waals surface area contributed by atoms with Crippen molar-refractivity contribution in [3.8, 4) is 0 Å². The molecule has 0 aliphatic carbocycles. The van der Waals surface area contributed by atoms with Gasteiger partial charge in [-0.2, -0.15) is 0 Å². The number of carbonyl (C=O) groups is 2. The summed E-state index contributed by atoms with van der Waals surface area (Å²) in [6.07, 6.45) is 1.28. The van der Waals surface area contributed by atoms with Crippen LogP contribution in [0.1, 0.15) is 32.3 Å². The van der Waals surface area contributed by atoms with Crippen LogP contribution < -0.4 is 4.90 Å². The zero-order chi connectivity index (χ0) is 20.1. The largest absolute Gasteiger partial charge is 0.356 e. The number of anilines is 1. The molecule has 2 aliphatic heterocycles. The lowest BCUT2D eigenvalue weighted by Crippen LogP contribution is -2.57. The number of hydrogen-bond donors (Lipinski definition) is 0. The average molecular weight is 380 g/mol. The number of hydrogen-bond acceptors (Lipinski definition) is 4. The van der Waals surface area contributed by atoms with E-state index in [-0.39, 0.29) is 11.9 Å². The minimum atomic E-state index is -0.696. The quantitative estimate of drug-likeness (QED) is 0.766. The maximum absolute atomic E-state index is 13.0. The number of carbonyl (C=O) groups excluding carboxylic acids is 2. The molecule has 2 saturated heterocycles. The summed E-state index contributed by atoms with van der Waals surface area (Å²) in [6, 6.07) is 10.1. The van der Waals surface area contributed by atoms with Crippen LogP contribution in [-0.4, -0.2) is 58.9 Å². The third kappa shape index (κ3) is 2.82. The van der Waals surface area contributed by atoms with Crippen molar-refractivity contribution in [1.82, 2.24) is 14.8 Å². The molecule has 0 radical (unpaired) electrons. The number of pyridine rings is 1. The van der Waals surface area contributed by atoms with Crippen molar-refractivity contribution >= 4 is 28.7 Å². The number of likely N-dealkylation sites (N-methyl/N-ethyl adjacent to an activating group) is 1. The molecule has 4 rings (SSSR count). The highest BCUT2D eigenvalue weighted by atomic mass is 16.2. The third-order valence-corrected chi connectivity index (χ3v) is 6.11. The number of amides is 3. The van der Waals surface area contributed by atoms with Gasteiger partial charge in [-0.25, -0.2) is 9.78 Å². The van der Waals surface area contributed by atoms with Crippen LogP contribution >= 0.6 is 0 Å². The Kier molecular flexibility index (Phi) is 4.52. The molecule has 3 heterocycles. The van der Waals surface area contributed by atoms with Crippen molar-refractivity contribution in [2.45, 2.75) is 39.2 Å². The summed E-state index contributed by atoms with van der Waals surface area (Å²) in [5.41, 5.74) is 1.50. The van der Waals surface area contributed by atoms with Gasteiger partial charge in [-0.3, -0.25) is 9.69 Å². The van der Waals surface area contributed by atoms with Crippen LogP contribution in [0.15, 0.2) is 30.3 Å². The number of aryl methyl sites for hydroxylation is 1. The Bertz CT molecular complexity index is 931. The smallest absolute Gasteiger partial charge is 0.327 e. The van der Waals surface area contributed by atoms with Crippen LogP contribution in [0.4, 0.5) is 10.6 Å². The Balaban J connectivity index is 1.60. The molecule has 0 bridgehead atoms. The molecule has 28 heavy (non-hydrogen) atoms. The molecular formula is C22H28N4O2. The van der Waals surface area contributed by atoms with E-state index < -0.39 is 5.54 Å². The molecule has 0 unspecified atom stereocenters. The van der Waals surface area contributed by atoms with E-state index in [1.54, 1.807) is 7.05 Å². The van der Waals surface area contributed by atoms with Gasteiger partial charge in [-0.1, -0.05) is 32.0 Å². The Hall–Kier alpha value is -2.63. The first-order chi connectivity index (χ1) is 13.3. The highest BCUT2D eigenvalue weighted by Crippen LogP contribution is 2.38. The van der Waals surface area contributed by atoms with E-state index in [2.05, 4.69) is 37.8 Å². The maximum Gasteiger partial charge on any atom is 0.327 e. The van der Waals surface area contributed by atoms with E-state index in [0.29, 0.717) is 38.4 Å². The predicted molar refractivity (Wildman–Crippen MR) is 110 cm³/mol. The van der Waals surface area contributed by atoms with Gasteiger partial charge in [0.1, 0.15) is 11.4 Å². The maximum atomic E-state index is 13.0. The topological polar surface area (TPSA) is 56.8 Å².